The third kappa shape index (κ3) is 4.62. The van der Waals surface area contributed by atoms with Gasteiger partial charge in [-0.05, 0) is 56.3 Å². The number of rotatable bonds is 5. The molecule has 2 aromatic heterocycles. The van der Waals surface area contributed by atoms with Gasteiger partial charge in [0.1, 0.15) is 4.21 Å². The predicted octanol–water partition coefficient (Wildman–Crippen LogP) is 4.45. The summed E-state index contributed by atoms with van der Waals surface area (Å²) in [6.45, 7) is 5.96. The van der Waals surface area contributed by atoms with Crippen molar-refractivity contribution < 1.29 is 8.42 Å². The van der Waals surface area contributed by atoms with Crippen molar-refractivity contribution in [3.8, 4) is 10.6 Å². The fourth-order valence-electron chi connectivity index (χ4n) is 3.63. The molecule has 0 saturated carbocycles. The fraction of sp³-hybridized carbons (Fsp3) is 0.286. The van der Waals surface area contributed by atoms with Gasteiger partial charge in [-0.15, -0.1) is 11.3 Å². The van der Waals surface area contributed by atoms with Crippen molar-refractivity contribution in [3.63, 3.8) is 0 Å². The van der Waals surface area contributed by atoms with E-state index in [1.165, 1.54) is 11.3 Å². The minimum absolute atomic E-state index is 0.217. The lowest BCUT2D eigenvalue weighted by Gasteiger charge is -2.37. The average Bonchev–Trinajstić information content (AvgIpc) is 3.21. The number of pyridine rings is 1. The summed E-state index contributed by atoms with van der Waals surface area (Å²) in [6.07, 6.45) is 1.69. The molecule has 2 N–H and O–H groups in total. The van der Waals surface area contributed by atoms with E-state index in [1.807, 2.05) is 24.3 Å². The Morgan fingerprint density at radius 3 is 2.60 bits per heavy atom. The van der Waals surface area contributed by atoms with Crippen molar-refractivity contribution in [3.05, 3.63) is 59.8 Å². The van der Waals surface area contributed by atoms with Gasteiger partial charge in [-0.1, -0.05) is 17.7 Å². The predicted molar refractivity (Wildman–Crippen MR) is 124 cm³/mol. The molecule has 2 unspecified atom stereocenters. The normalized spacial score (nSPS) is 19.6. The lowest BCUT2D eigenvalue weighted by Crippen LogP contribution is -2.54. The number of benzene rings is 1. The number of piperazine rings is 1. The van der Waals surface area contributed by atoms with Crippen LogP contribution in [0, 0.1) is 0 Å². The van der Waals surface area contributed by atoms with E-state index in [4.69, 9.17) is 11.6 Å². The first-order chi connectivity index (χ1) is 14.3. The van der Waals surface area contributed by atoms with Gasteiger partial charge in [0.25, 0.3) is 10.0 Å². The first kappa shape index (κ1) is 21.1. The number of hydrogen-bond acceptors (Lipinski definition) is 6. The van der Waals surface area contributed by atoms with E-state index in [-0.39, 0.29) is 4.21 Å². The minimum atomic E-state index is -3.77. The van der Waals surface area contributed by atoms with Crippen LogP contribution in [0.1, 0.15) is 13.8 Å². The Balaban J connectivity index is 1.58. The van der Waals surface area contributed by atoms with E-state index < -0.39 is 10.0 Å². The van der Waals surface area contributed by atoms with Crippen LogP contribution in [0.25, 0.3) is 10.6 Å². The van der Waals surface area contributed by atoms with Crippen molar-refractivity contribution in [2.24, 2.45) is 0 Å². The highest BCUT2D eigenvalue weighted by atomic mass is 35.5. The zero-order valence-corrected chi connectivity index (χ0v) is 19.1. The highest BCUT2D eigenvalue weighted by Crippen LogP contribution is 2.33. The summed E-state index contributed by atoms with van der Waals surface area (Å²) >= 11 is 7.50. The van der Waals surface area contributed by atoms with Crippen molar-refractivity contribution in [1.29, 1.82) is 0 Å². The third-order valence-corrected chi connectivity index (χ3v) is 8.18. The summed E-state index contributed by atoms with van der Waals surface area (Å²) in [5.41, 5.74) is 2.06. The van der Waals surface area contributed by atoms with Crippen molar-refractivity contribution in [2.45, 2.75) is 30.1 Å². The molecule has 1 aromatic carbocycles. The molecule has 3 aromatic rings. The van der Waals surface area contributed by atoms with E-state index in [0.717, 1.165) is 29.3 Å². The summed E-state index contributed by atoms with van der Waals surface area (Å²) in [4.78, 5) is 7.31. The lowest BCUT2D eigenvalue weighted by atomic mass is 10.1. The molecule has 0 aliphatic carbocycles. The summed E-state index contributed by atoms with van der Waals surface area (Å²) in [6, 6.07) is 15.1. The molecular weight excluding hydrogens is 440 g/mol. The second-order valence-corrected chi connectivity index (χ2v) is 10.9. The number of nitrogens with one attached hydrogen (secondary N) is 2. The Hall–Kier alpha value is -2.13. The monoisotopic (exact) mass is 462 g/mol. The molecule has 2 atom stereocenters. The summed E-state index contributed by atoms with van der Waals surface area (Å²) in [5.74, 6) is 0. The van der Waals surface area contributed by atoms with Gasteiger partial charge in [-0.25, -0.2) is 8.42 Å². The number of aromatic nitrogens is 1. The molecule has 30 heavy (non-hydrogen) atoms. The van der Waals surface area contributed by atoms with Gasteiger partial charge in [0.2, 0.25) is 0 Å². The number of hydrogen-bond donors (Lipinski definition) is 2. The second kappa shape index (κ2) is 8.55. The molecule has 0 radical (unpaired) electrons. The van der Waals surface area contributed by atoms with E-state index in [9.17, 15) is 8.42 Å². The first-order valence-corrected chi connectivity index (χ1v) is 12.3. The minimum Gasteiger partial charge on any atom is -0.368 e. The molecule has 1 aliphatic heterocycles. The van der Waals surface area contributed by atoms with Crippen LogP contribution in [0.2, 0.25) is 5.02 Å². The molecule has 9 heteroatoms. The lowest BCUT2D eigenvalue weighted by molar-refractivity contribution is 0.407. The van der Waals surface area contributed by atoms with Crippen LogP contribution in [-0.4, -0.2) is 38.6 Å². The van der Waals surface area contributed by atoms with E-state index in [2.05, 4.69) is 33.8 Å². The zero-order chi connectivity index (χ0) is 21.3. The van der Waals surface area contributed by atoms with Gasteiger partial charge in [0.15, 0.2) is 0 Å². The molecule has 0 spiro atoms. The molecule has 4 rings (SSSR count). The molecule has 1 aliphatic rings. The van der Waals surface area contributed by atoms with Crippen LogP contribution in [0.4, 0.5) is 11.4 Å². The number of thiophene rings is 1. The Kier molecular flexibility index (Phi) is 6.02. The molecule has 1 fully saturated rings. The van der Waals surface area contributed by atoms with Gasteiger partial charge in [0, 0.05) is 37.1 Å². The molecule has 3 heterocycles. The van der Waals surface area contributed by atoms with Crippen molar-refractivity contribution in [1.82, 2.24) is 10.3 Å². The third-order valence-electron chi connectivity index (χ3n) is 4.88. The molecule has 1 saturated heterocycles. The van der Waals surface area contributed by atoms with Crippen LogP contribution in [0.5, 0.6) is 0 Å². The van der Waals surface area contributed by atoms with Gasteiger partial charge in [-0.2, -0.15) is 0 Å². The van der Waals surface area contributed by atoms with Crippen LogP contribution in [-0.2, 0) is 10.0 Å². The maximum Gasteiger partial charge on any atom is 0.271 e. The fourth-order valence-corrected chi connectivity index (χ4v) is 6.21. The molecule has 158 valence electrons. The van der Waals surface area contributed by atoms with Crippen molar-refractivity contribution >= 4 is 44.3 Å². The van der Waals surface area contributed by atoms with Gasteiger partial charge >= 0.3 is 0 Å². The quantitative estimate of drug-likeness (QED) is 0.586. The van der Waals surface area contributed by atoms with Gasteiger partial charge in [0.05, 0.1) is 21.3 Å². The Labute approximate surface area is 186 Å². The smallest absolute Gasteiger partial charge is 0.271 e. The Bertz CT molecular complexity index is 1120. The molecule has 0 bridgehead atoms. The number of anilines is 2. The van der Waals surface area contributed by atoms with Crippen LogP contribution in [0.15, 0.2) is 58.9 Å². The Morgan fingerprint density at radius 1 is 1.13 bits per heavy atom. The van der Waals surface area contributed by atoms with Crippen LogP contribution in [0.3, 0.4) is 0 Å². The van der Waals surface area contributed by atoms with E-state index in [0.29, 0.717) is 22.8 Å². The SMILES string of the molecule is CC1CN(c2ccc(Cl)c(NS(=O)(=O)c3ccc(-c4ccccn4)s3)c2)CC(C)N1. The summed E-state index contributed by atoms with van der Waals surface area (Å²) in [5, 5.41) is 3.86. The largest absolute Gasteiger partial charge is 0.368 e. The molecule has 0 amide bonds. The molecular formula is C21H23ClN4O2S2. The van der Waals surface area contributed by atoms with E-state index in [1.54, 1.807) is 30.5 Å². The summed E-state index contributed by atoms with van der Waals surface area (Å²) in [7, 11) is -3.77. The van der Waals surface area contributed by atoms with Crippen LogP contribution >= 0.6 is 22.9 Å². The number of halogens is 1. The maximum atomic E-state index is 13.0. The van der Waals surface area contributed by atoms with Gasteiger partial charge < -0.3 is 10.2 Å². The highest BCUT2D eigenvalue weighted by molar-refractivity contribution is 7.94. The highest BCUT2D eigenvalue weighted by Gasteiger charge is 2.23. The maximum absolute atomic E-state index is 13.0. The van der Waals surface area contributed by atoms with Crippen LogP contribution < -0.4 is 14.9 Å². The number of sulfonamides is 1. The topological polar surface area (TPSA) is 74.3 Å². The molecule has 6 nitrogen and oxygen atoms in total. The standard InChI is InChI=1S/C21H23ClN4O2S2/c1-14-12-26(13-15(2)24-14)16-6-7-17(22)19(11-16)25-30(27,28)21-9-8-20(29-21)18-5-3-4-10-23-18/h3-11,14-15,24-25H,12-13H2,1-2H3. The first-order valence-electron chi connectivity index (χ1n) is 9.66. The summed E-state index contributed by atoms with van der Waals surface area (Å²) < 4.78 is 28.8. The average molecular weight is 463 g/mol. The van der Waals surface area contributed by atoms with Crippen molar-refractivity contribution in [2.75, 3.05) is 22.7 Å². The number of nitrogens with zero attached hydrogens (tertiary/aromatic N) is 2. The van der Waals surface area contributed by atoms with Gasteiger partial charge in [-0.3, -0.25) is 9.71 Å². The zero-order valence-electron chi connectivity index (χ0n) is 16.7. The van der Waals surface area contributed by atoms with E-state index >= 15 is 0 Å². The Morgan fingerprint density at radius 2 is 1.90 bits per heavy atom. The second-order valence-electron chi connectivity index (χ2n) is 7.48.